The number of rotatable bonds is 6. The largest absolute Gasteiger partial charge is 0.310 e. The molecule has 3 aliphatic carbocycles. The van der Waals surface area contributed by atoms with E-state index in [0.717, 1.165) is 35.5 Å². The van der Waals surface area contributed by atoms with Crippen molar-refractivity contribution in [2.75, 3.05) is 4.90 Å². The Kier molecular flexibility index (Phi) is 7.83. The molecule has 0 saturated carbocycles. The number of benzene rings is 9. The summed E-state index contributed by atoms with van der Waals surface area (Å²) in [5.74, 6) is 0. The number of hydrogen-bond donors (Lipinski definition) is 0. The molecule has 9 aromatic carbocycles. The SMILES string of the molecule is C=C1c2ccccc2-c2ccc(N(c3ccc4c(c3)C(c3ccccc3)(c3ccccc3)c3ccccc3-4)c3ccc4c(c3)c3ccccc3n4-c3cccc4c3C=CCC4)cc21. The zero-order valence-electron chi connectivity index (χ0n) is 34.8. The lowest BCUT2D eigenvalue weighted by molar-refractivity contribution is 0.768. The maximum atomic E-state index is 4.65. The predicted molar refractivity (Wildman–Crippen MR) is 264 cm³/mol. The van der Waals surface area contributed by atoms with Crippen molar-refractivity contribution >= 4 is 50.5 Å². The molecule has 0 amide bonds. The van der Waals surface area contributed by atoms with Gasteiger partial charge in [-0.1, -0.05) is 170 Å². The molecule has 0 aliphatic heterocycles. The van der Waals surface area contributed by atoms with Crippen molar-refractivity contribution in [2.45, 2.75) is 18.3 Å². The molecule has 13 rings (SSSR count). The predicted octanol–water partition coefficient (Wildman–Crippen LogP) is 15.6. The molecule has 0 unspecified atom stereocenters. The molecule has 296 valence electrons. The molecule has 1 heterocycles. The highest BCUT2D eigenvalue weighted by atomic mass is 15.1. The standard InChI is InChI=1S/C61H42N2/c1-40-47-23-10-11-25-49(47)50-34-31-44(37-54(40)50)62(45-33-36-60-55(38-45)53-27-13-15-29-59(53)63(60)58-30-16-18-41-17-8-9-24-48(41)58)46-32-35-52-51-26-12-14-28-56(51)61(57(52)39-46,42-19-4-2-5-20-42)43-21-6-3-7-22-43/h2-7,9-16,18-39H,1,8,17H2. The summed E-state index contributed by atoms with van der Waals surface area (Å²) >= 11 is 0. The van der Waals surface area contributed by atoms with Gasteiger partial charge in [0.25, 0.3) is 0 Å². The molecule has 0 fully saturated rings. The van der Waals surface area contributed by atoms with Gasteiger partial charge in [-0.05, 0) is 134 Å². The first-order valence-corrected chi connectivity index (χ1v) is 22.1. The van der Waals surface area contributed by atoms with Crippen LogP contribution in [0.3, 0.4) is 0 Å². The summed E-state index contributed by atoms with van der Waals surface area (Å²) in [6, 6.07) is 76.7. The van der Waals surface area contributed by atoms with Crippen LogP contribution in [0.5, 0.6) is 0 Å². The summed E-state index contributed by atoms with van der Waals surface area (Å²) in [4.78, 5) is 2.47. The molecule has 1 aromatic heterocycles. The van der Waals surface area contributed by atoms with E-state index in [1.165, 1.54) is 94.3 Å². The van der Waals surface area contributed by atoms with Crippen LogP contribution in [0, 0.1) is 0 Å². The Balaban J connectivity index is 1.07. The Morgan fingerprint density at radius 1 is 0.444 bits per heavy atom. The fourth-order valence-corrected chi connectivity index (χ4v) is 11.3. The molecule has 0 radical (unpaired) electrons. The first-order chi connectivity index (χ1) is 31.2. The maximum Gasteiger partial charge on any atom is 0.0714 e. The van der Waals surface area contributed by atoms with Gasteiger partial charge in [0.05, 0.1) is 22.1 Å². The number of para-hydroxylation sites is 1. The lowest BCUT2D eigenvalue weighted by atomic mass is 9.67. The first kappa shape index (κ1) is 35.8. The van der Waals surface area contributed by atoms with Crippen molar-refractivity contribution < 1.29 is 0 Å². The summed E-state index contributed by atoms with van der Waals surface area (Å²) in [5.41, 5.74) is 22.7. The van der Waals surface area contributed by atoms with Gasteiger partial charge in [-0.3, -0.25) is 0 Å². The van der Waals surface area contributed by atoms with Gasteiger partial charge in [0.15, 0.2) is 0 Å². The monoisotopic (exact) mass is 802 g/mol. The van der Waals surface area contributed by atoms with Gasteiger partial charge in [-0.2, -0.15) is 0 Å². The molecule has 0 spiro atoms. The van der Waals surface area contributed by atoms with Crippen LogP contribution in [0.2, 0.25) is 0 Å². The minimum absolute atomic E-state index is 0.523. The van der Waals surface area contributed by atoms with Crippen LogP contribution >= 0.6 is 0 Å². The van der Waals surface area contributed by atoms with Crippen LogP contribution < -0.4 is 4.90 Å². The molecule has 0 atom stereocenters. The molecular formula is C61H42N2. The molecule has 0 saturated heterocycles. The van der Waals surface area contributed by atoms with Crippen LogP contribution in [0.15, 0.2) is 219 Å². The molecule has 10 aromatic rings. The van der Waals surface area contributed by atoms with Crippen molar-refractivity contribution in [3.05, 3.63) is 263 Å². The summed E-state index contributed by atoms with van der Waals surface area (Å²) in [6.07, 6.45) is 6.79. The van der Waals surface area contributed by atoms with Crippen LogP contribution in [0.4, 0.5) is 17.1 Å². The molecule has 2 heteroatoms. The zero-order chi connectivity index (χ0) is 41.6. The Morgan fingerprint density at radius 2 is 1.05 bits per heavy atom. The van der Waals surface area contributed by atoms with Crippen molar-refractivity contribution in [1.29, 1.82) is 0 Å². The van der Waals surface area contributed by atoms with E-state index in [0.29, 0.717) is 0 Å². The molecule has 0 N–H and O–H groups in total. The van der Waals surface area contributed by atoms with Crippen LogP contribution in [0.1, 0.15) is 50.9 Å². The molecule has 0 bridgehead atoms. The van der Waals surface area contributed by atoms with Crippen LogP contribution in [-0.4, -0.2) is 4.57 Å². The summed E-state index contributed by atoms with van der Waals surface area (Å²) < 4.78 is 2.48. The maximum absolute atomic E-state index is 4.65. The summed E-state index contributed by atoms with van der Waals surface area (Å²) in [7, 11) is 0. The van der Waals surface area contributed by atoms with E-state index >= 15 is 0 Å². The smallest absolute Gasteiger partial charge is 0.0714 e. The Bertz CT molecular complexity index is 3490. The second-order valence-corrected chi connectivity index (χ2v) is 17.2. The van der Waals surface area contributed by atoms with E-state index in [-0.39, 0.29) is 0 Å². The number of fused-ring (bicyclic) bond motifs is 10. The molecule has 2 nitrogen and oxygen atoms in total. The average Bonchev–Trinajstić information content (AvgIpc) is 3.95. The molecular weight excluding hydrogens is 761 g/mol. The fourth-order valence-electron chi connectivity index (χ4n) is 11.3. The lowest BCUT2D eigenvalue weighted by Gasteiger charge is -2.35. The zero-order valence-corrected chi connectivity index (χ0v) is 34.8. The van der Waals surface area contributed by atoms with Crippen molar-refractivity contribution in [1.82, 2.24) is 4.57 Å². The number of aromatic nitrogens is 1. The summed E-state index contributed by atoms with van der Waals surface area (Å²) in [5, 5.41) is 2.46. The van der Waals surface area contributed by atoms with Gasteiger partial charge in [0.2, 0.25) is 0 Å². The normalized spacial score (nSPS) is 14.0. The average molecular weight is 803 g/mol. The third-order valence-electron chi connectivity index (χ3n) is 14.0. The van der Waals surface area contributed by atoms with E-state index in [1.54, 1.807) is 0 Å². The molecule has 3 aliphatic rings. The van der Waals surface area contributed by atoms with Gasteiger partial charge >= 0.3 is 0 Å². The highest BCUT2D eigenvalue weighted by Gasteiger charge is 2.46. The topological polar surface area (TPSA) is 8.17 Å². The minimum Gasteiger partial charge on any atom is -0.310 e. The second kappa shape index (κ2) is 13.8. The highest BCUT2D eigenvalue weighted by molar-refractivity contribution is 6.11. The fraction of sp³-hybridized carbons (Fsp3) is 0.0492. The van der Waals surface area contributed by atoms with Gasteiger partial charge < -0.3 is 9.47 Å². The minimum atomic E-state index is -0.523. The first-order valence-electron chi connectivity index (χ1n) is 22.1. The highest BCUT2D eigenvalue weighted by Crippen LogP contribution is 2.57. The number of nitrogens with zero attached hydrogens (tertiary/aromatic N) is 2. The van der Waals surface area contributed by atoms with Crippen LogP contribution in [-0.2, 0) is 11.8 Å². The molecule has 63 heavy (non-hydrogen) atoms. The van der Waals surface area contributed by atoms with E-state index in [1.807, 2.05) is 0 Å². The second-order valence-electron chi connectivity index (χ2n) is 17.2. The van der Waals surface area contributed by atoms with Crippen molar-refractivity contribution in [2.24, 2.45) is 0 Å². The Labute approximate surface area is 368 Å². The Morgan fingerprint density at radius 3 is 1.86 bits per heavy atom. The lowest BCUT2D eigenvalue weighted by Crippen LogP contribution is -2.28. The number of anilines is 3. The van der Waals surface area contributed by atoms with Gasteiger partial charge in [-0.25, -0.2) is 0 Å². The van der Waals surface area contributed by atoms with E-state index in [9.17, 15) is 0 Å². The van der Waals surface area contributed by atoms with Crippen LogP contribution in [0.25, 0.3) is 61.4 Å². The number of allylic oxidation sites excluding steroid dienone is 1. The number of hydrogen-bond acceptors (Lipinski definition) is 1. The third kappa shape index (κ3) is 5.13. The van der Waals surface area contributed by atoms with Gasteiger partial charge in [0.1, 0.15) is 0 Å². The van der Waals surface area contributed by atoms with Crippen molar-refractivity contribution in [3.8, 4) is 27.9 Å². The van der Waals surface area contributed by atoms with Crippen molar-refractivity contribution in [3.63, 3.8) is 0 Å². The van der Waals surface area contributed by atoms with Gasteiger partial charge in [0, 0.05) is 33.4 Å². The Hall–Kier alpha value is -7.94. The third-order valence-corrected chi connectivity index (χ3v) is 14.0. The van der Waals surface area contributed by atoms with E-state index in [4.69, 9.17) is 0 Å². The van der Waals surface area contributed by atoms with E-state index < -0.39 is 5.41 Å². The quantitative estimate of drug-likeness (QED) is 0.163. The number of aryl methyl sites for hydroxylation is 1. The van der Waals surface area contributed by atoms with E-state index in [2.05, 4.69) is 234 Å². The van der Waals surface area contributed by atoms with Gasteiger partial charge in [-0.15, -0.1) is 0 Å². The summed E-state index contributed by atoms with van der Waals surface area (Å²) in [6.45, 7) is 4.65.